The standard InChI is InChI=1S/C21H21NO5/c1-3-21(12-15-11-16(25-2)9-10-18(15)27-21)19(23)22-17(13-26-20(22)24)14-7-5-4-6-8-14/h4-11,17H,3,12-13H2,1-2H3/t17-,21-/m0/s1. The van der Waals surface area contributed by atoms with Crippen molar-refractivity contribution < 1.29 is 23.8 Å². The topological polar surface area (TPSA) is 65.1 Å². The molecular weight excluding hydrogens is 346 g/mol. The van der Waals surface area contributed by atoms with Gasteiger partial charge in [-0.05, 0) is 30.2 Å². The minimum Gasteiger partial charge on any atom is -0.497 e. The zero-order chi connectivity index (χ0) is 19.0. The van der Waals surface area contributed by atoms with Gasteiger partial charge < -0.3 is 14.2 Å². The Bertz CT molecular complexity index is 881. The van der Waals surface area contributed by atoms with E-state index in [4.69, 9.17) is 14.2 Å². The number of cyclic esters (lactones) is 1. The molecule has 4 rings (SSSR count). The quantitative estimate of drug-likeness (QED) is 0.828. The molecule has 0 aliphatic carbocycles. The second-order valence-corrected chi connectivity index (χ2v) is 6.78. The van der Waals surface area contributed by atoms with Gasteiger partial charge in [0.25, 0.3) is 5.91 Å². The lowest BCUT2D eigenvalue weighted by Crippen LogP contribution is -2.52. The zero-order valence-electron chi connectivity index (χ0n) is 15.3. The van der Waals surface area contributed by atoms with Crippen LogP contribution in [0.25, 0.3) is 0 Å². The first-order chi connectivity index (χ1) is 13.1. The number of methoxy groups -OCH3 is 1. The van der Waals surface area contributed by atoms with Crippen LogP contribution in [-0.4, -0.2) is 36.2 Å². The molecule has 27 heavy (non-hydrogen) atoms. The van der Waals surface area contributed by atoms with Crippen LogP contribution in [0.4, 0.5) is 4.79 Å². The number of hydrogen-bond donors (Lipinski definition) is 0. The summed E-state index contributed by atoms with van der Waals surface area (Å²) in [5, 5.41) is 0. The number of amides is 2. The van der Waals surface area contributed by atoms with Gasteiger partial charge >= 0.3 is 6.09 Å². The molecule has 2 amide bonds. The summed E-state index contributed by atoms with van der Waals surface area (Å²) in [7, 11) is 1.60. The monoisotopic (exact) mass is 367 g/mol. The smallest absolute Gasteiger partial charge is 0.417 e. The van der Waals surface area contributed by atoms with E-state index < -0.39 is 17.7 Å². The number of hydrogen-bond acceptors (Lipinski definition) is 5. The van der Waals surface area contributed by atoms with E-state index in [1.165, 1.54) is 4.90 Å². The minimum atomic E-state index is -1.12. The lowest BCUT2D eigenvalue weighted by atomic mass is 9.91. The predicted molar refractivity (Wildman–Crippen MR) is 97.7 cm³/mol. The van der Waals surface area contributed by atoms with Crippen LogP contribution in [0.5, 0.6) is 11.5 Å². The molecule has 2 aromatic rings. The van der Waals surface area contributed by atoms with E-state index in [1.807, 2.05) is 43.3 Å². The Morgan fingerprint density at radius 2 is 2.04 bits per heavy atom. The van der Waals surface area contributed by atoms with Gasteiger partial charge in [0.2, 0.25) is 0 Å². The largest absolute Gasteiger partial charge is 0.497 e. The van der Waals surface area contributed by atoms with E-state index in [2.05, 4.69) is 0 Å². The number of benzene rings is 2. The Kier molecular flexibility index (Phi) is 4.26. The SMILES string of the molecule is CC[C@@]1(C(=O)N2C(=O)OC[C@H]2c2ccccc2)Cc2cc(OC)ccc2O1. The molecule has 0 unspecified atom stereocenters. The Hall–Kier alpha value is -3.02. The maximum absolute atomic E-state index is 13.5. The van der Waals surface area contributed by atoms with Gasteiger partial charge in [-0.1, -0.05) is 37.3 Å². The van der Waals surface area contributed by atoms with E-state index >= 15 is 0 Å². The molecule has 1 fully saturated rings. The Morgan fingerprint density at radius 3 is 2.74 bits per heavy atom. The van der Waals surface area contributed by atoms with Crippen molar-refractivity contribution in [3.63, 3.8) is 0 Å². The van der Waals surface area contributed by atoms with Crippen LogP contribution in [0, 0.1) is 0 Å². The number of nitrogens with zero attached hydrogens (tertiary/aromatic N) is 1. The molecule has 2 atom stereocenters. The molecule has 2 heterocycles. The maximum atomic E-state index is 13.5. The highest BCUT2D eigenvalue weighted by Crippen LogP contribution is 2.42. The summed E-state index contributed by atoms with van der Waals surface area (Å²) in [5.74, 6) is 0.991. The van der Waals surface area contributed by atoms with Gasteiger partial charge in [0.1, 0.15) is 24.1 Å². The first-order valence-corrected chi connectivity index (χ1v) is 8.99. The van der Waals surface area contributed by atoms with E-state index in [9.17, 15) is 9.59 Å². The number of imide groups is 1. The van der Waals surface area contributed by atoms with Gasteiger partial charge in [-0.15, -0.1) is 0 Å². The third-order valence-electron chi connectivity index (χ3n) is 5.29. The van der Waals surface area contributed by atoms with Crippen LogP contribution in [0.1, 0.15) is 30.5 Å². The van der Waals surface area contributed by atoms with Crippen molar-refractivity contribution in [3.05, 3.63) is 59.7 Å². The summed E-state index contributed by atoms with van der Waals surface area (Å²) in [6.07, 6.45) is 0.202. The van der Waals surface area contributed by atoms with E-state index in [-0.39, 0.29) is 12.5 Å². The molecule has 0 bridgehead atoms. The molecule has 6 nitrogen and oxygen atoms in total. The Labute approximate surface area is 157 Å². The van der Waals surface area contributed by atoms with E-state index in [0.29, 0.717) is 24.3 Å². The number of ether oxygens (including phenoxy) is 3. The van der Waals surface area contributed by atoms with Crippen LogP contribution < -0.4 is 9.47 Å². The molecule has 0 saturated carbocycles. The van der Waals surface area contributed by atoms with Crippen molar-refractivity contribution in [2.75, 3.05) is 13.7 Å². The molecule has 0 aromatic heterocycles. The van der Waals surface area contributed by atoms with Gasteiger partial charge in [0.05, 0.1) is 7.11 Å². The molecular formula is C21H21NO5. The molecule has 2 aliphatic rings. The average Bonchev–Trinajstić information content (AvgIpc) is 3.28. The zero-order valence-corrected chi connectivity index (χ0v) is 15.3. The first-order valence-electron chi connectivity index (χ1n) is 8.99. The number of carbonyl (C=O) groups is 2. The summed E-state index contributed by atoms with van der Waals surface area (Å²) >= 11 is 0. The average molecular weight is 367 g/mol. The van der Waals surface area contributed by atoms with Gasteiger partial charge in [-0.2, -0.15) is 0 Å². The van der Waals surface area contributed by atoms with Crippen molar-refractivity contribution in [2.45, 2.75) is 31.4 Å². The molecule has 0 radical (unpaired) electrons. The normalized spacial score (nSPS) is 23.6. The van der Waals surface area contributed by atoms with E-state index in [1.54, 1.807) is 19.2 Å². The third kappa shape index (κ3) is 2.81. The van der Waals surface area contributed by atoms with Gasteiger partial charge in [0.15, 0.2) is 5.60 Å². The molecule has 0 spiro atoms. The fourth-order valence-corrected chi connectivity index (χ4v) is 3.73. The first kappa shape index (κ1) is 17.4. The molecule has 6 heteroatoms. The summed E-state index contributed by atoms with van der Waals surface area (Å²) in [4.78, 5) is 27.1. The second-order valence-electron chi connectivity index (χ2n) is 6.78. The minimum absolute atomic E-state index is 0.148. The van der Waals surface area contributed by atoms with Crippen LogP contribution >= 0.6 is 0 Å². The summed E-state index contributed by atoms with van der Waals surface area (Å²) in [6.45, 7) is 2.04. The van der Waals surface area contributed by atoms with Crippen LogP contribution in [0.3, 0.4) is 0 Å². The number of fused-ring (bicyclic) bond motifs is 1. The fourth-order valence-electron chi connectivity index (χ4n) is 3.73. The number of carbonyl (C=O) groups excluding carboxylic acids is 2. The Balaban J connectivity index is 1.66. The van der Waals surface area contributed by atoms with Crippen molar-refractivity contribution >= 4 is 12.0 Å². The lowest BCUT2D eigenvalue weighted by molar-refractivity contribution is -0.145. The van der Waals surface area contributed by atoms with Crippen LogP contribution in [0.15, 0.2) is 48.5 Å². The van der Waals surface area contributed by atoms with E-state index in [0.717, 1.165) is 11.1 Å². The molecule has 0 N–H and O–H groups in total. The maximum Gasteiger partial charge on any atom is 0.417 e. The summed E-state index contributed by atoms with van der Waals surface area (Å²) in [5.41, 5.74) is 0.638. The van der Waals surface area contributed by atoms with Crippen LogP contribution in [-0.2, 0) is 16.0 Å². The predicted octanol–water partition coefficient (Wildman–Crippen LogP) is 3.50. The van der Waals surface area contributed by atoms with Gasteiger partial charge in [-0.3, -0.25) is 4.79 Å². The van der Waals surface area contributed by atoms with Gasteiger partial charge in [-0.25, -0.2) is 9.69 Å². The highest BCUT2D eigenvalue weighted by Gasteiger charge is 2.52. The fraction of sp³-hybridized carbons (Fsp3) is 0.333. The lowest BCUT2D eigenvalue weighted by Gasteiger charge is -2.31. The molecule has 140 valence electrons. The molecule has 2 aromatic carbocycles. The molecule has 2 aliphatic heterocycles. The van der Waals surface area contributed by atoms with Crippen molar-refractivity contribution in [2.24, 2.45) is 0 Å². The van der Waals surface area contributed by atoms with Crippen LogP contribution in [0.2, 0.25) is 0 Å². The summed E-state index contributed by atoms with van der Waals surface area (Å²) in [6, 6.07) is 14.5. The van der Waals surface area contributed by atoms with Crippen molar-refractivity contribution in [1.29, 1.82) is 0 Å². The number of rotatable bonds is 4. The molecule has 1 saturated heterocycles. The Morgan fingerprint density at radius 1 is 1.26 bits per heavy atom. The van der Waals surface area contributed by atoms with Gasteiger partial charge in [0, 0.05) is 12.0 Å². The third-order valence-corrected chi connectivity index (χ3v) is 5.29. The summed E-state index contributed by atoms with van der Waals surface area (Å²) < 4.78 is 16.6. The van der Waals surface area contributed by atoms with Crippen molar-refractivity contribution in [1.82, 2.24) is 4.90 Å². The van der Waals surface area contributed by atoms with Crippen molar-refractivity contribution in [3.8, 4) is 11.5 Å². The highest BCUT2D eigenvalue weighted by atomic mass is 16.6. The second kappa shape index (κ2) is 6.61. The highest BCUT2D eigenvalue weighted by molar-refractivity contribution is 5.99.